The number of phosphoric acid groups is 1. The minimum Gasteiger partial charge on any atom is -0.456 e. The zero-order valence-corrected chi connectivity index (χ0v) is 58.3. The summed E-state index contributed by atoms with van der Waals surface area (Å²) in [7, 11) is 1.50. The molecule has 0 heterocycles. The molecule has 3 atom stereocenters. The summed E-state index contributed by atoms with van der Waals surface area (Å²) < 4.78 is 30.9. The number of likely N-dealkylation sites (N-methyl/N-ethyl adjacent to an activating group) is 1. The first kappa shape index (κ1) is 83.0. The number of rotatable bonds is 68. The first-order valence-corrected chi connectivity index (χ1v) is 38.5. The van der Waals surface area contributed by atoms with Gasteiger partial charge in [-0.15, -0.1) is 0 Å². The number of carbonyl (C=O) groups is 2. The van der Waals surface area contributed by atoms with Crippen LogP contribution in [0.1, 0.15) is 367 Å². The minimum atomic E-state index is -4.46. The van der Waals surface area contributed by atoms with Crippen LogP contribution < -0.4 is 5.32 Å². The molecule has 0 fully saturated rings. The molecule has 0 saturated heterocycles. The van der Waals surface area contributed by atoms with E-state index in [0.29, 0.717) is 23.9 Å². The quantitative estimate of drug-likeness (QED) is 0.0205. The molecule has 0 saturated carbocycles. The van der Waals surface area contributed by atoms with Gasteiger partial charge in [-0.3, -0.25) is 18.6 Å². The van der Waals surface area contributed by atoms with Crippen molar-refractivity contribution < 1.29 is 37.3 Å². The van der Waals surface area contributed by atoms with E-state index in [1.165, 1.54) is 250 Å². The Bertz CT molecular complexity index is 1590. The summed E-state index contributed by atoms with van der Waals surface area (Å²) in [5.41, 5.74) is 0. The van der Waals surface area contributed by atoms with Gasteiger partial charge in [0.2, 0.25) is 5.91 Å². The summed E-state index contributed by atoms with van der Waals surface area (Å²) in [5.74, 6) is -0.502. The number of quaternary nitrogens is 1. The number of hydrogen-bond acceptors (Lipinski definition) is 6. The standard InChI is InChI=1S/C75H143N2O7P/c1-7-10-13-16-19-22-25-28-30-32-34-35-36-37-38-39-40-41-43-45-47-50-53-56-59-62-65-68-75(79)84-73(66-63-60-57-54-51-48-27-24-21-18-15-12-9-3)72(71-83-85(80,81)82-70-69-77(4,5)6)76-74(78)67-64-61-58-55-52-49-46-44-42-33-31-29-26-23-20-17-14-11-8-2/h20,23,29,31,42,44,63,66,72-73H,7-19,21-22,24-28,30,32-41,43,45-62,64-65,67-71H2,1-6H3,(H-,76,78,80,81)/p+1/b23-20-,31-29-,44-42-,66-63-. The number of ether oxygens (including phenoxy) is 1. The predicted molar refractivity (Wildman–Crippen MR) is 369 cm³/mol. The van der Waals surface area contributed by atoms with E-state index < -0.39 is 20.0 Å². The Morgan fingerprint density at radius 1 is 0.412 bits per heavy atom. The Hall–Kier alpha value is -2.03. The Balaban J connectivity index is 5.02. The van der Waals surface area contributed by atoms with Crippen LogP contribution in [0, 0.1) is 0 Å². The second-order valence-corrected chi connectivity index (χ2v) is 27.9. The van der Waals surface area contributed by atoms with Gasteiger partial charge in [0.05, 0.1) is 33.8 Å². The summed E-state index contributed by atoms with van der Waals surface area (Å²) in [5, 5.41) is 3.07. The van der Waals surface area contributed by atoms with Crippen LogP contribution in [0.3, 0.4) is 0 Å². The lowest BCUT2D eigenvalue weighted by Gasteiger charge is -2.27. The van der Waals surface area contributed by atoms with E-state index in [1.54, 1.807) is 0 Å². The molecule has 0 aromatic heterocycles. The third-order valence-electron chi connectivity index (χ3n) is 16.8. The van der Waals surface area contributed by atoms with Crippen molar-refractivity contribution in [2.24, 2.45) is 0 Å². The van der Waals surface area contributed by atoms with Crippen molar-refractivity contribution in [3.63, 3.8) is 0 Å². The van der Waals surface area contributed by atoms with Crippen molar-refractivity contribution in [2.45, 2.75) is 380 Å². The molecule has 0 aromatic rings. The maximum atomic E-state index is 13.6. The van der Waals surface area contributed by atoms with Gasteiger partial charge in [-0.25, -0.2) is 4.57 Å². The van der Waals surface area contributed by atoms with Crippen molar-refractivity contribution in [1.29, 1.82) is 0 Å². The molecule has 0 aliphatic heterocycles. The third kappa shape index (κ3) is 66.2. The van der Waals surface area contributed by atoms with Crippen LogP contribution in [0.2, 0.25) is 0 Å². The molecule has 0 rings (SSSR count). The van der Waals surface area contributed by atoms with Gasteiger partial charge in [0.1, 0.15) is 19.3 Å². The second-order valence-electron chi connectivity index (χ2n) is 26.5. The molecule has 3 unspecified atom stereocenters. The zero-order chi connectivity index (χ0) is 62.1. The summed E-state index contributed by atoms with van der Waals surface area (Å²) in [6.07, 6.45) is 82.8. The van der Waals surface area contributed by atoms with Crippen molar-refractivity contribution >= 4 is 19.7 Å². The number of nitrogens with zero attached hydrogens (tertiary/aromatic N) is 1. The van der Waals surface area contributed by atoms with E-state index >= 15 is 0 Å². The van der Waals surface area contributed by atoms with E-state index in [2.05, 4.69) is 62.5 Å². The number of amides is 1. The highest BCUT2D eigenvalue weighted by molar-refractivity contribution is 7.47. The summed E-state index contributed by atoms with van der Waals surface area (Å²) in [6.45, 7) is 7.03. The van der Waals surface area contributed by atoms with Gasteiger partial charge in [-0.2, -0.15) is 0 Å². The number of carbonyl (C=O) groups excluding carboxylic acids is 2. The first-order valence-electron chi connectivity index (χ1n) is 37.0. The fourth-order valence-corrected chi connectivity index (χ4v) is 11.8. The highest BCUT2D eigenvalue weighted by Crippen LogP contribution is 2.43. The smallest absolute Gasteiger partial charge is 0.456 e. The summed E-state index contributed by atoms with van der Waals surface area (Å²) in [6, 6.07) is -0.855. The normalized spacial score (nSPS) is 13.7. The lowest BCUT2D eigenvalue weighted by Crippen LogP contribution is -2.47. The van der Waals surface area contributed by atoms with Gasteiger partial charge in [0.25, 0.3) is 0 Å². The topological polar surface area (TPSA) is 111 Å². The largest absolute Gasteiger partial charge is 0.472 e. The lowest BCUT2D eigenvalue weighted by molar-refractivity contribution is -0.870. The fourth-order valence-electron chi connectivity index (χ4n) is 11.1. The number of nitrogens with one attached hydrogen (secondary N) is 1. The Kier molecular flexibility index (Phi) is 63.4. The maximum Gasteiger partial charge on any atom is 0.472 e. The van der Waals surface area contributed by atoms with E-state index in [4.69, 9.17) is 13.8 Å². The Morgan fingerprint density at radius 3 is 1.09 bits per heavy atom. The molecule has 0 bridgehead atoms. The van der Waals surface area contributed by atoms with E-state index in [1.807, 2.05) is 33.3 Å². The van der Waals surface area contributed by atoms with Crippen molar-refractivity contribution in [2.75, 3.05) is 40.9 Å². The van der Waals surface area contributed by atoms with Crippen LogP contribution in [0.4, 0.5) is 0 Å². The molecule has 2 N–H and O–H groups in total. The number of phosphoric ester groups is 1. The van der Waals surface area contributed by atoms with E-state index in [9.17, 15) is 19.0 Å². The van der Waals surface area contributed by atoms with Crippen molar-refractivity contribution in [3.8, 4) is 0 Å². The number of unbranched alkanes of at least 4 members (excludes halogenated alkanes) is 46. The van der Waals surface area contributed by atoms with Gasteiger partial charge in [-0.1, -0.05) is 333 Å². The van der Waals surface area contributed by atoms with Crippen LogP contribution in [0.5, 0.6) is 0 Å². The molecule has 0 aliphatic rings. The molecule has 0 spiro atoms. The zero-order valence-electron chi connectivity index (χ0n) is 57.4. The van der Waals surface area contributed by atoms with Crippen LogP contribution in [-0.4, -0.2) is 74.3 Å². The summed E-state index contributed by atoms with van der Waals surface area (Å²) >= 11 is 0. The molecule has 0 aromatic carbocycles. The summed E-state index contributed by atoms with van der Waals surface area (Å²) in [4.78, 5) is 37.9. The lowest BCUT2D eigenvalue weighted by atomic mass is 10.0. The van der Waals surface area contributed by atoms with Gasteiger partial charge in [0, 0.05) is 12.8 Å². The predicted octanol–water partition coefficient (Wildman–Crippen LogP) is 23.6. The molecule has 0 radical (unpaired) electrons. The van der Waals surface area contributed by atoms with Crippen LogP contribution >= 0.6 is 7.82 Å². The van der Waals surface area contributed by atoms with E-state index in [-0.39, 0.29) is 25.1 Å². The van der Waals surface area contributed by atoms with Crippen LogP contribution in [0.25, 0.3) is 0 Å². The molecule has 0 aliphatic carbocycles. The maximum absolute atomic E-state index is 13.6. The average Bonchev–Trinajstić information content (AvgIpc) is 3.50. The SMILES string of the molecule is CCCCC/C=C\C/C=C\C/C=C\CCCCCCCCC(=O)NC(COP(=O)(O)OCC[N+](C)(C)C)C(/C=C\CCCCCCCCCCCCC)OC(=O)CCCCCCCCCCCCCCCCCCCCCCCCCCCCC. The number of hydrogen-bond donors (Lipinski definition) is 2. The molecule has 1 amide bonds. The van der Waals surface area contributed by atoms with E-state index in [0.717, 1.165) is 83.5 Å². The second kappa shape index (κ2) is 64.9. The Labute approximate surface area is 529 Å². The third-order valence-corrected chi connectivity index (χ3v) is 17.8. The Morgan fingerprint density at radius 2 is 0.718 bits per heavy atom. The minimum absolute atomic E-state index is 0.0388. The molecular weight excluding hydrogens is 1070 g/mol. The monoisotopic (exact) mass is 1220 g/mol. The number of allylic oxidation sites excluding steroid dienone is 7. The van der Waals surface area contributed by atoms with Gasteiger partial charge in [-0.05, 0) is 70.3 Å². The van der Waals surface area contributed by atoms with Crippen molar-refractivity contribution in [3.05, 3.63) is 48.6 Å². The fraction of sp³-hybridized carbons (Fsp3) is 0.867. The number of esters is 1. The molecule has 9 nitrogen and oxygen atoms in total. The first-order chi connectivity index (χ1) is 41.4. The molecule has 10 heteroatoms. The highest BCUT2D eigenvalue weighted by atomic mass is 31.2. The van der Waals surface area contributed by atoms with Crippen LogP contribution in [-0.2, 0) is 27.9 Å². The van der Waals surface area contributed by atoms with Gasteiger partial charge in [0.15, 0.2) is 0 Å². The highest BCUT2D eigenvalue weighted by Gasteiger charge is 2.30. The molecular formula is C75H144N2O7P+. The molecule has 85 heavy (non-hydrogen) atoms. The van der Waals surface area contributed by atoms with Crippen LogP contribution in [0.15, 0.2) is 48.6 Å². The van der Waals surface area contributed by atoms with Crippen molar-refractivity contribution in [1.82, 2.24) is 5.32 Å². The average molecular weight is 1220 g/mol. The van der Waals surface area contributed by atoms with Gasteiger partial charge >= 0.3 is 13.8 Å². The molecule has 500 valence electrons. The van der Waals surface area contributed by atoms with Gasteiger partial charge < -0.3 is 19.4 Å².